The quantitative estimate of drug-likeness (QED) is 0.145. The highest BCUT2D eigenvalue weighted by Crippen LogP contribution is 2.00. The molecule has 26 heavy (non-hydrogen) atoms. The Morgan fingerprint density at radius 3 is 2.15 bits per heavy atom. The zero-order valence-electron chi connectivity index (χ0n) is 13.9. The number of pyridine rings is 1. The molecule has 0 atom stereocenters. The Morgan fingerprint density at radius 2 is 1.62 bits per heavy atom. The van der Waals surface area contributed by atoms with Crippen LogP contribution in [0.25, 0.3) is 6.08 Å². The molecule has 0 fully saturated rings. The van der Waals surface area contributed by atoms with Crippen molar-refractivity contribution in [2.24, 2.45) is 0 Å². The van der Waals surface area contributed by atoms with E-state index >= 15 is 0 Å². The summed E-state index contributed by atoms with van der Waals surface area (Å²) in [5, 5.41) is 25.8. The number of nitrogens with one attached hydrogen (secondary N) is 2. The first-order chi connectivity index (χ1) is 12.4. The van der Waals surface area contributed by atoms with Gasteiger partial charge in [0.1, 0.15) is 0 Å². The van der Waals surface area contributed by atoms with Crippen LogP contribution in [0, 0.1) is 0 Å². The second kappa shape index (κ2) is 14.1. The molecule has 0 saturated carbocycles. The van der Waals surface area contributed by atoms with Gasteiger partial charge in [-0.2, -0.15) is 0 Å². The van der Waals surface area contributed by atoms with E-state index in [4.69, 9.17) is 25.0 Å². The lowest BCUT2D eigenvalue weighted by atomic mass is 10.2. The fourth-order valence-electron chi connectivity index (χ4n) is 1.56. The van der Waals surface area contributed by atoms with Crippen LogP contribution < -0.4 is 10.8 Å². The molecule has 0 aliphatic rings. The van der Waals surface area contributed by atoms with E-state index in [1.807, 2.05) is 12.1 Å². The molecule has 10 heteroatoms. The lowest BCUT2D eigenvalue weighted by Gasteiger charge is -2.02. The fraction of sp³-hybridized carbons (Fsp3) is 0.312. The number of unbranched alkanes of at least 4 members (excludes halogenated alkanes) is 2. The average Bonchev–Trinajstić information content (AvgIpc) is 2.63. The van der Waals surface area contributed by atoms with Crippen LogP contribution in [0.2, 0.25) is 0 Å². The van der Waals surface area contributed by atoms with Crippen molar-refractivity contribution >= 4 is 29.8 Å². The zero-order chi connectivity index (χ0) is 19.8. The largest absolute Gasteiger partial charge is 0.473 e. The molecule has 2 amide bonds. The minimum Gasteiger partial charge on any atom is -0.473 e. The summed E-state index contributed by atoms with van der Waals surface area (Å²) in [7, 11) is 0. The maximum atomic E-state index is 11.5. The van der Waals surface area contributed by atoms with Crippen LogP contribution in [0.3, 0.4) is 0 Å². The topological polar surface area (TPSA) is 166 Å². The van der Waals surface area contributed by atoms with Crippen LogP contribution in [0.15, 0.2) is 30.6 Å². The molecular weight excluding hydrogens is 346 g/mol. The lowest BCUT2D eigenvalue weighted by molar-refractivity contribution is -0.159. The summed E-state index contributed by atoms with van der Waals surface area (Å²) >= 11 is 0. The summed E-state index contributed by atoms with van der Waals surface area (Å²) in [6.07, 6.45) is 9.15. The van der Waals surface area contributed by atoms with Gasteiger partial charge < -0.3 is 15.5 Å². The molecule has 0 unspecified atom stereocenters. The van der Waals surface area contributed by atoms with Gasteiger partial charge in [-0.1, -0.05) is 6.42 Å². The highest BCUT2D eigenvalue weighted by Gasteiger charge is 2.04. The van der Waals surface area contributed by atoms with Crippen LogP contribution in [0.1, 0.15) is 31.2 Å². The molecule has 0 radical (unpaired) electrons. The number of amides is 2. The zero-order valence-corrected chi connectivity index (χ0v) is 13.9. The third-order valence-electron chi connectivity index (χ3n) is 2.82. The van der Waals surface area contributed by atoms with Crippen molar-refractivity contribution in [2.45, 2.75) is 25.7 Å². The number of carbonyl (C=O) groups is 4. The van der Waals surface area contributed by atoms with Gasteiger partial charge in [0.2, 0.25) is 11.8 Å². The van der Waals surface area contributed by atoms with E-state index < -0.39 is 11.9 Å². The van der Waals surface area contributed by atoms with E-state index in [-0.39, 0.29) is 11.8 Å². The Morgan fingerprint density at radius 1 is 1.00 bits per heavy atom. The molecule has 1 aromatic heterocycles. The molecule has 1 aromatic rings. The first kappa shape index (κ1) is 22.7. The molecular formula is C16H21N3O7. The number of hydrogen-bond acceptors (Lipinski definition) is 6. The molecule has 0 aliphatic heterocycles. The number of rotatable bonds is 8. The predicted octanol–water partition coefficient (Wildman–Crippen LogP) is 0.432. The van der Waals surface area contributed by atoms with Crippen molar-refractivity contribution in [2.75, 3.05) is 6.54 Å². The Labute approximate surface area is 149 Å². The number of carboxylic acids is 2. The van der Waals surface area contributed by atoms with E-state index in [2.05, 4.69) is 10.3 Å². The first-order valence-corrected chi connectivity index (χ1v) is 7.62. The van der Waals surface area contributed by atoms with E-state index in [0.717, 1.165) is 18.4 Å². The number of aromatic nitrogens is 1. The van der Waals surface area contributed by atoms with E-state index in [0.29, 0.717) is 19.4 Å². The molecule has 1 heterocycles. The smallest absolute Gasteiger partial charge is 0.414 e. The molecule has 5 N–H and O–H groups in total. The maximum absolute atomic E-state index is 11.5. The molecule has 142 valence electrons. The summed E-state index contributed by atoms with van der Waals surface area (Å²) in [5.41, 5.74) is 2.51. The lowest BCUT2D eigenvalue weighted by Crippen LogP contribution is -2.22. The van der Waals surface area contributed by atoms with Gasteiger partial charge in [0, 0.05) is 31.4 Å². The SMILES string of the molecule is O=C(/C=C/c1ccncc1)NCCCCCC(=O)NO.O=C(O)C(=O)O. The molecule has 0 aliphatic carbocycles. The maximum Gasteiger partial charge on any atom is 0.414 e. The van der Waals surface area contributed by atoms with Crippen LogP contribution in [-0.2, 0) is 19.2 Å². The van der Waals surface area contributed by atoms with Crippen LogP contribution >= 0.6 is 0 Å². The van der Waals surface area contributed by atoms with Gasteiger partial charge in [0.15, 0.2) is 0 Å². The van der Waals surface area contributed by atoms with Crippen LogP contribution in [0.4, 0.5) is 0 Å². The van der Waals surface area contributed by atoms with Crippen molar-refractivity contribution in [3.05, 3.63) is 36.2 Å². The van der Waals surface area contributed by atoms with Crippen molar-refractivity contribution < 1.29 is 34.6 Å². The molecule has 0 bridgehead atoms. The van der Waals surface area contributed by atoms with Crippen molar-refractivity contribution in [3.63, 3.8) is 0 Å². The number of hydroxylamine groups is 1. The Balaban J connectivity index is 0.000000896. The van der Waals surface area contributed by atoms with E-state index in [1.165, 1.54) is 6.08 Å². The van der Waals surface area contributed by atoms with Crippen molar-refractivity contribution in [1.29, 1.82) is 0 Å². The standard InChI is InChI=1S/C14H19N3O3.C2H2O4/c18-13(6-5-12-7-10-15-11-8-12)16-9-3-1-2-4-14(19)17-20;3-1(4)2(5)6/h5-8,10-11,20H,1-4,9H2,(H,16,18)(H,17,19);(H,3,4)(H,5,6)/b6-5+;. The Hall–Kier alpha value is -3.27. The van der Waals surface area contributed by atoms with Gasteiger partial charge in [-0.3, -0.25) is 19.8 Å². The first-order valence-electron chi connectivity index (χ1n) is 7.62. The number of aliphatic carboxylic acids is 2. The highest BCUT2D eigenvalue weighted by atomic mass is 16.5. The third kappa shape index (κ3) is 13.2. The van der Waals surface area contributed by atoms with Crippen LogP contribution in [0.5, 0.6) is 0 Å². The average molecular weight is 367 g/mol. The summed E-state index contributed by atoms with van der Waals surface area (Å²) in [6.45, 7) is 0.570. The number of nitrogens with zero attached hydrogens (tertiary/aromatic N) is 1. The highest BCUT2D eigenvalue weighted by molar-refractivity contribution is 6.27. The van der Waals surface area contributed by atoms with Gasteiger partial charge in [-0.05, 0) is 36.6 Å². The second-order valence-corrected chi connectivity index (χ2v) is 4.86. The van der Waals surface area contributed by atoms with Crippen LogP contribution in [-0.4, -0.2) is 50.7 Å². The summed E-state index contributed by atoms with van der Waals surface area (Å²) in [4.78, 5) is 44.3. The Bertz CT molecular complexity index is 606. The minimum absolute atomic E-state index is 0.144. The van der Waals surface area contributed by atoms with Gasteiger partial charge in [-0.25, -0.2) is 15.1 Å². The van der Waals surface area contributed by atoms with Gasteiger partial charge in [0.25, 0.3) is 0 Å². The third-order valence-corrected chi connectivity index (χ3v) is 2.82. The van der Waals surface area contributed by atoms with Gasteiger partial charge >= 0.3 is 11.9 Å². The number of carboxylic acid groups (broad SMARTS) is 2. The van der Waals surface area contributed by atoms with Crippen molar-refractivity contribution in [3.8, 4) is 0 Å². The predicted molar refractivity (Wildman–Crippen MR) is 89.9 cm³/mol. The van der Waals surface area contributed by atoms with Gasteiger partial charge in [-0.15, -0.1) is 0 Å². The monoisotopic (exact) mass is 367 g/mol. The minimum atomic E-state index is -1.82. The summed E-state index contributed by atoms with van der Waals surface area (Å²) < 4.78 is 0. The summed E-state index contributed by atoms with van der Waals surface area (Å²) in [5.74, 6) is -4.17. The molecule has 0 saturated heterocycles. The summed E-state index contributed by atoms with van der Waals surface area (Å²) in [6, 6.07) is 3.63. The molecule has 0 spiro atoms. The van der Waals surface area contributed by atoms with E-state index in [1.54, 1.807) is 23.9 Å². The fourth-order valence-corrected chi connectivity index (χ4v) is 1.56. The molecule has 10 nitrogen and oxygen atoms in total. The number of hydrogen-bond donors (Lipinski definition) is 5. The normalized spacial score (nSPS) is 9.73. The second-order valence-electron chi connectivity index (χ2n) is 4.86. The van der Waals surface area contributed by atoms with Crippen molar-refractivity contribution in [1.82, 2.24) is 15.8 Å². The number of carbonyl (C=O) groups excluding carboxylic acids is 2. The van der Waals surface area contributed by atoms with Gasteiger partial charge in [0.05, 0.1) is 0 Å². The Kier molecular flexibility index (Phi) is 12.3. The van der Waals surface area contributed by atoms with E-state index in [9.17, 15) is 9.59 Å². The molecule has 1 rings (SSSR count). The molecule has 0 aromatic carbocycles.